The molecule has 0 aromatic rings. The zero-order valence-corrected chi connectivity index (χ0v) is 11.4. The molecular weight excluding hydrogens is 228 g/mol. The summed E-state index contributed by atoms with van der Waals surface area (Å²) in [5.41, 5.74) is 0. The molecule has 0 amide bonds. The predicted molar refractivity (Wildman–Crippen MR) is 74.6 cm³/mol. The minimum Gasteiger partial charge on any atom is -0.481 e. The number of aliphatic hydroxyl groups excluding tert-OH is 1. The molecule has 0 unspecified atom stereocenters. The van der Waals surface area contributed by atoms with Gasteiger partial charge in [-0.1, -0.05) is 57.1 Å². The summed E-state index contributed by atoms with van der Waals surface area (Å²) in [5.74, 6) is -0.676. The van der Waals surface area contributed by atoms with E-state index in [1.165, 1.54) is 44.9 Å². The molecule has 0 radical (unpaired) electrons. The minimum absolute atomic E-state index is 0.155. The number of unbranched alkanes of at least 4 members (excludes halogenated alkanes) is 9. The highest BCUT2D eigenvalue weighted by atomic mass is 16.4. The number of aliphatic carboxylic acids is 1. The van der Waals surface area contributed by atoms with Crippen LogP contribution in [0.15, 0.2) is 12.2 Å². The van der Waals surface area contributed by atoms with Crippen molar-refractivity contribution in [3.63, 3.8) is 0 Å². The molecule has 2 N–H and O–H groups in total. The van der Waals surface area contributed by atoms with Gasteiger partial charge in [0.05, 0.1) is 6.61 Å². The first-order chi connectivity index (χ1) is 8.77. The smallest absolute Gasteiger partial charge is 0.303 e. The van der Waals surface area contributed by atoms with E-state index in [0.29, 0.717) is 6.42 Å². The van der Waals surface area contributed by atoms with Crippen molar-refractivity contribution in [1.29, 1.82) is 0 Å². The van der Waals surface area contributed by atoms with E-state index in [9.17, 15) is 4.79 Å². The van der Waals surface area contributed by atoms with Crippen molar-refractivity contribution in [3.05, 3.63) is 12.2 Å². The van der Waals surface area contributed by atoms with Gasteiger partial charge in [0, 0.05) is 6.42 Å². The highest BCUT2D eigenvalue weighted by Crippen LogP contribution is 2.11. The number of carboxylic acids is 1. The summed E-state index contributed by atoms with van der Waals surface area (Å²) in [4.78, 5) is 10.3. The molecule has 3 nitrogen and oxygen atoms in total. The van der Waals surface area contributed by atoms with Crippen LogP contribution in [0.25, 0.3) is 0 Å². The fourth-order valence-electron chi connectivity index (χ4n) is 1.97. The van der Waals surface area contributed by atoms with Crippen LogP contribution in [0.5, 0.6) is 0 Å². The molecule has 0 bridgehead atoms. The van der Waals surface area contributed by atoms with Crippen molar-refractivity contribution >= 4 is 5.97 Å². The average molecular weight is 256 g/mol. The Morgan fingerprint density at radius 1 is 0.778 bits per heavy atom. The molecule has 0 fully saturated rings. The number of carboxylic acid groups (broad SMARTS) is 1. The third-order valence-electron chi connectivity index (χ3n) is 3.03. The number of allylic oxidation sites excluding steroid dienone is 1. The minimum atomic E-state index is -0.676. The van der Waals surface area contributed by atoms with Gasteiger partial charge in [0.2, 0.25) is 0 Å². The zero-order chi connectivity index (χ0) is 13.5. The SMILES string of the molecule is O=C(O)CCCCCCCCCCC/C=C\CO. The Balaban J connectivity index is 2.99. The van der Waals surface area contributed by atoms with Crippen LogP contribution >= 0.6 is 0 Å². The quantitative estimate of drug-likeness (QED) is 0.388. The summed E-state index contributed by atoms with van der Waals surface area (Å²) < 4.78 is 0. The first kappa shape index (κ1) is 17.2. The topological polar surface area (TPSA) is 57.5 Å². The van der Waals surface area contributed by atoms with Gasteiger partial charge < -0.3 is 10.2 Å². The molecule has 0 heterocycles. The van der Waals surface area contributed by atoms with Crippen molar-refractivity contribution in [2.45, 2.75) is 70.6 Å². The van der Waals surface area contributed by atoms with E-state index in [-0.39, 0.29) is 6.61 Å². The molecule has 0 saturated heterocycles. The van der Waals surface area contributed by atoms with Gasteiger partial charge in [-0.2, -0.15) is 0 Å². The van der Waals surface area contributed by atoms with Gasteiger partial charge in [0.15, 0.2) is 0 Å². The Bertz CT molecular complexity index is 212. The normalized spacial score (nSPS) is 11.2. The maximum Gasteiger partial charge on any atom is 0.303 e. The lowest BCUT2D eigenvalue weighted by Gasteiger charge is -2.01. The molecule has 0 aliphatic carbocycles. The summed E-state index contributed by atoms with van der Waals surface area (Å²) in [6.07, 6.45) is 15.9. The van der Waals surface area contributed by atoms with Crippen LogP contribution in [0.3, 0.4) is 0 Å². The Morgan fingerprint density at radius 3 is 1.78 bits per heavy atom. The summed E-state index contributed by atoms with van der Waals surface area (Å²) in [7, 11) is 0. The van der Waals surface area contributed by atoms with E-state index in [2.05, 4.69) is 0 Å². The van der Waals surface area contributed by atoms with Crippen LogP contribution in [0.2, 0.25) is 0 Å². The Hall–Kier alpha value is -0.830. The standard InChI is InChI=1S/C15H28O3/c16-14-12-10-8-6-4-2-1-3-5-7-9-11-13-15(17)18/h10,12,16H,1-9,11,13-14H2,(H,17,18)/b12-10-. The maximum atomic E-state index is 10.3. The second-order valence-electron chi connectivity index (χ2n) is 4.77. The van der Waals surface area contributed by atoms with Crippen molar-refractivity contribution in [2.24, 2.45) is 0 Å². The second-order valence-corrected chi connectivity index (χ2v) is 4.77. The highest BCUT2D eigenvalue weighted by molar-refractivity contribution is 5.66. The molecule has 0 aromatic carbocycles. The predicted octanol–water partition coefficient (Wildman–Crippen LogP) is 3.91. The monoisotopic (exact) mass is 256 g/mol. The third kappa shape index (κ3) is 15.2. The van der Waals surface area contributed by atoms with E-state index in [1.54, 1.807) is 6.08 Å². The fourth-order valence-corrected chi connectivity index (χ4v) is 1.97. The van der Waals surface area contributed by atoms with Crippen LogP contribution in [0, 0.1) is 0 Å². The Morgan fingerprint density at radius 2 is 1.28 bits per heavy atom. The number of carbonyl (C=O) groups is 1. The molecule has 0 rings (SSSR count). The molecule has 0 aliphatic rings. The van der Waals surface area contributed by atoms with Gasteiger partial charge in [-0.25, -0.2) is 0 Å². The van der Waals surface area contributed by atoms with Crippen molar-refractivity contribution in [3.8, 4) is 0 Å². The Labute approximate surface area is 111 Å². The van der Waals surface area contributed by atoms with E-state index in [0.717, 1.165) is 19.3 Å². The molecule has 0 aliphatic heterocycles. The maximum absolute atomic E-state index is 10.3. The molecule has 0 atom stereocenters. The average Bonchev–Trinajstić information content (AvgIpc) is 2.34. The van der Waals surface area contributed by atoms with Crippen LogP contribution in [0.1, 0.15) is 70.6 Å². The number of hydrogen-bond acceptors (Lipinski definition) is 2. The van der Waals surface area contributed by atoms with Crippen LogP contribution in [-0.4, -0.2) is 22.8 Å². The van der Waals surface area contributed by atoms with Crippen molar-refractivity contribution in [2.75, 3.05) is 6.61 Å². The largest absolute Gasteiger partial charge is 0.481 e. The van der Waals surface area contributed by atoms with Gasteiger partial charge in [-0.3, -0.25) is 4.79 Å². The molecule has 3 heteroatoms. The van der Waals surface area contributed by atoms with E-state index >= 15 is 0 Å². The highest BCUT2D eigenvalue weighted by Gasteiger charge is 1.96. The number of rotatable bonds is 13. The molecular formula is C15H28O3. The summed E-state index contributed by atoms with van der Waals surface area (Å²) in [6, 6.07) is 0. The molecule has 0 saturated carbocycles. The van der Waals surface area contributed by atoms with Gasteiger partial charge in [-0.05, 0) is 19.3 Å². The van der Waals surface area contributed by atoms with E-state index < -0.39 is 5.97 Å². The summed E-state index contributed by atoms with van der Waals surface area (Å²) in [5, 5.41) is 17.0. The summed E-state index contributed by atoms with van der Waals surface area (Å²) >= 11 is 0. The fraction of sp³-hybridized carbons (Fsp3) is 0.800. The van der Waals surface area contributed by atoms with Gasteiger partial charge in [-0.15, -0.1) is 0 Å². The number of aliphatic hydroxyl groups is 1. The first-order valence-corrected chi connectivity index (χ1v) is 7.25. The van der Waals surface area contributed by atoms with Gasteiger partial charge in [0.1, 0.15) is 0 Å². The first-order valence-electron chi connectivity index (χ1n) is 7.25. The Kier molecular flexibility index (Phi) is 13.6. The van der Waals surface area contributed by atoms with Crippen LogP contribution in [0.4, 0.5) is 0 Å². The second kappa shape index (κ2) is 14.2. The zero-order valence-electron chi connectivity index (χ0n) is 11.4. The van der Waals surface area contributed by atoms with Crippen LogP contribution in [-0.2, 0) is 4.79 Å². The third-order valence-corrected chi connectivity index (χ3v) is 3.03. The van der Waals surface area contributed by atoms with Crippen molar-refractivity contribution in [1.82, 2.24) is 0 Å². The number of hydrogen-bond donors (Lipinski definition) is 2. The van der Waals surface area contributed by atoms with E-state index in [1.807, 2.05) is 6.08 Å². The molecule has 0 spiro atoms. The lowest BCUT2D eigenvalue weighted by Crippen LogP contribution is -1.93. The van der Waals surface area contributed by atoms with Gasteiger partial charge in [0.25, 0.3) is 0 Å². The molecule has 18 heavy (non-hydrogen) atoms. The van der Waals surface area contributed by atoms with E-state index in [4.69, 9.17) is 10.2 Å². The lowest BCUT2D eigenvalue weighted by atomic mass is 10.1. The molecule has 106 valence electrons. The summed E-state index contributed by atoms with van der Waals surface area (Å²) in [6.45, 7) is 0.155. The van der Waals surface area contributed by atoms with Gasteiger partial charge >= 0.3 is 5.97 Å². The van der Waals surface area contributed by atoms with Crippen molar-refractivity contribution < 1.29 is 15.0 Å². The molecule has 0 aromatic heterocycles. The van der Waals surface area contributed by atoms with Crippen LogP contribution < -0.4 is 0 Å². The lowest BCUT2D eigenvalue weighted by molar-refractivity contribution is -0.137.